The molecule has 0 bridgehead atoms. The molecule has 2 rings (SSSR count). The summed E-state index contributed by atoms with van der Waals surface area (Å²) in [5, 5.41) is 3.24. The molecule has 0 aromatic heterocycles. The van der Waals surface area contributed by atoms with E-state index in [9.17, 15) is 4.79 Å². The molecule has 0 radical (unpaired) electrons. The predicted molar refractivity (Wildman–Crippen MR) is 62.2 cm³/mol. The lowest BCUT2D eigenvalue weighted by Gasteiger charge is -2.42. The fraction of sp³-hybridized carbons (Fsp3) is 0.462. The van der Waals surface area contributed by atoms with Crippen LogP contribution < -0.4 is 5.32 Å². The monoisotopic (exact) mass is 219 g/mol. The maximum Gasteiger partial charge on any atom is 0.306 e. The normalized spacial score (nSPS) is 17.6. The van der Waals surface area contributed by atoms with Crippen LogP contribution in [-0.4, -0.2) is 25.7 Å². The second-order valence-corrected chi connectivity index (χ2v) is 4.23. The number of benzene rings is 1. The van der Waals surface area contributed by atoms with E-state index in [1.165, 1.54) is 5.56 Å². The molecule has 3 nitrogen and oxygen atoms in total. The van der Waals surface area contributed by atoms with Crippen molar-refractivity contribution in [2.24, 2.45) is 0 Å². The maximum absolute atomic E-state index is 11.6. The van der Waals surface area contributed by atoms with Crippen molar-refractivity contribution in [3.63, 3.8) is 0 Å². The molecule has 0 spiro atoms. The third kappa shape index (κ3) is 2.09. The van der Waals surface area contributed by atoms with Gasteiger partial charge in [0.05, 0.1) is 13.0 Å². The summed E-state index contributed by atoms with van der Waals surface area (Å²) in [6, 6.07) is 10.2. The zero-order valence-corrected chi connectivity index (χ0v) is 9.53. The van der Waals surface area contributed by atoms with Gasteiger partial charge in [0.2, 0.25) is 0 Å². The quantitative estimate of drug-likeness (QED) is 0.779. The molecule has 0 unspecified atom stereocenters. The zero-order valence-electron chi connectivity index (χ0n) is 9.53. The Bertz CT molecular complexity index is 357. The Labute approximate surface area is 95.8 Å². The van der Waals surface area contributed by atoms with Gasteiger partial charge in [0.15, 0.2) is 0 Å². The van der Waals surface area contributed by atoms with Crippen molar-refractivity contribution < 1.29 is 9.53 Å². The summed E-state index contributed by atoms with van der Waals surface area (Å²) in [6.07, 6.45) is 0.470. The van der Waals surface area contributed by atoms with Gasteiger partial charge in [-0.15, -0.1) is 0 Å². The van der Waals surface area contributed by atoms with Crippen LogP contribution in [0.2, 0.25) is 0 Å². The van der Waals surface area contributed by atoms with E-state index in [0.29, 0.717) is 13.0 Å². The summed E-state index contributed by atoms with van der Waals surface area (Å²) in [6.45, 7) is 4.01. The van der Waals surface area contributed by atoms with Crippen LogP contribution in [0.15, 0.2) is 30.3 Å². The highest BCUT2D eigenvalue weighted by Gasteiger charge is 2.40. The molecule has 0 atom stereocenters. The molecule has 1 fully saturated rings. The van der Waals surface area contributed by atoms with Crippen molar-refractivity contribution in [3.8, 4) is 0 Å². The summed E-state index contributed by atoms with van der Waals surface area (Å²) in [7, 11) is 0. The Kier molecular flexibility index (Phi) is 3.25. The van der Waals surface area contributed by atoms with Crippen LogP contribution in [0.5, 0.6) is 0 Å². The van der Waals surface area contributed by atoms with Gasteiger partial charge in [-0.05, 0) is 12.5 Å². The molecule has 0 saturated carbocycles. The second-order valence-electron chi connectivity index (χ2n) is 4.23. The first kappa shape index (κ1) is 11.1. The average molecular weight is 219 g/mol. The van der Waals surface area contributed by atoms with Gasteiger partial charge in [0, 0.05) is 18.5 Å². The lowest BCUT2D eigenvalue weighted by Crippen LogP contribution is -2.57. The number of ether oxygens (including phenoxy) is 1. The van der Waals surface area contributed by atoms with Gasteiger partial charge < -0.3 is 10.1 Å². The van der Waals surface area contributed by atoms with Crippen LogP contribution in [0.25, 0.3) is 0 Å². The minimum atomic E-state index is -0.104. The van der Waals surface area contributed by atoms with Gasteiger partial charge in [-0.1, -0.05) is 30.3 Å². The van der Waals surface area contributed by atoms with Crippen LogP contribution in [0, 0.1) is 0 Å². The summed E-state index contributed by atoms with van der Waals surface area (Å²) in [5.41, 5.74) is 1.18. The van der Waals surface area contributed by atoms with Crippen LogP contribution >= 0.6 is 0 Å². The standard InChI is InChI=1S/C13H17NO2/c1-2-16-12(15)8-13(9-14-10-13)11-6-4-3-5-7-11/h3-7,14H,2,8-10H2,1H3. The van der Waals surface area contributed by atoms with Crippen LogP contribution in [0.3, 0.4) is 0 Å². The molecule has 1 aliphatic heterocycles. The molecular weight excluding hydrogens is 202 g/mol. The highest BCUT2D eigenvalue weighted by atomic mass is 16.5. The van der Waals surface area contributed by atoms with E-state index >= 15 is 0 Å². The maximum atomic E-state index is 11.6. The minimum absolute atomic E-state index is 0.0481. The van der Waals surface area contributed by atoms with Crippen molar-refractivity contribution in [3.05, 3.63) is 35.9 Å². The molecule has 86 valence electrons. The molecule has 1 N–H and O–H groups in total. The fourth-order valence-electron chi connectivity index (χ4n) is 2.14. The first-order chi connectivity index (χ1) is 7.77. The number of carbonyl (C=O) groups is 1. The zero-order chi connectivity index (χ0) is 11.4. The van der Waals surface area contributed by atoms with Crippen molar-refractivity contribution in [2.45, 2.75) is 18.8 Å². The Morgan fingerprint density at radius 2 is 2.06 bits per heavy atom. The lowest BCUT2D eigenvalue weighted by atomic mass is 9.73. The Morgan fingerprint density at radius 3 is 2.56 bits per heavy atom. The van der Waals surface area contributed by atoms with Gasteiger partial charge in [0.25, 0.3) is 0 Å². The Morgan fingerprint density at radius 1 is 1.38 bits per heavy atom. The summed E-state index contributed by atoms with van der Waals surface area (Å²) in [5.74, 6) is -0.104. The number of esters is 1. The highest BCUT2D eigenvalue weighted by Crippen LogP contribution is 2.32. The van der Waals surface area contributed by atoms with E-state index in [4.69, 9.17) is 4.74 Å². The van der Waals surface area contributed by atoms with Gasteiger partial charge in [-0.25, -0.2) is 0 Å². The molecule has 3 heteroatoms. The summed E-state index contributed by atoms with van der Waals surface area (Å²) in [4.78, 5) is 11.6. The van der Waals surface area contributed by atoms with Crippen molar-refractivity contribution in [2.75, 3.05) is 19.7 Å². The van der Waals surface area contributed by atoms with Crippen molar-refractivity contribution in [1.82, 2.24) is 5.32 Å². The first-order valence-electron chi connectivity index (χ1n) is 5.69. The van der Waals surface area contributed by atoms with Crippen molar-refractivity contribution >= 4 is 5.97 Å². The van der Waals surface area contributed by atoms with E-state index in [1.807, 2.05) is 25.1 Å². The number of rotatable bonds is 4. The van der Waals surface area contributed by atoms with E-state index in [0.717, 1.165) is 13.1 Å². The number of nitrogens with one attached hydrogen (secondary N) is 1. The Hall–Kier alpha value is -1.35. The minimum Gasteiger partial charge on any atom is -0.466 e. The molecule has 1 heterocycles. The van der Waals surface area contributed by atoms with Crippen LogP contribution in [0.4, 0.5) is 0 Å². The average Bonchev–Trinajstić information content (AvgIpc) is 2.25. The van der Waals surface area contributed by atoms with Gasteiger partial charge in [0.1, 0.15) is 0 Å². The lowest BCUT2D eigenvalue weighted by molar-refractivity contribution is -0.145. The van der Waals surface area contributed by atoms with E-state index < -0.39 is 0 Å². The largest absolute Gasteiger partial charge is 0.466 e. The van der Waals surface area contributed by atoms with Gasteiger partial charge >= 0.3 is 5.97 Å². The molecule has 1 aliphatic rings. The molecule has 16 heavy (non-hydrogen) atoms. The van der Waals surface area contributed by atoms with Gasteiger partial charge in [-0.3, -0.25) is 4.79 Å². The van der Waals surface area contributed by atoms with E-state index in [1.54, 1.807) is 0 Å². The smallest absolute Gasteiger partial charge is 0.306 e. The summed E-state index contributed by atoms with van der Waals surface area (Å²) < 4.78 is 5.03. The number of hydrogen-bond donors (Lipinski definition) is 1. The molecular formula is C13H17NO2. The highest BCUT2D eigenvalue weighted by molar-refractivity contribution is 5.72. The van der Waals surface area contributed by atoms with Crippen molar-refractivity contribution in [1.29, 1.82) is 0 Å². The summed E-state index contributed by atoms with van der Waals surface area (Å²) >= 11 is 0. The first-order valence-corrected chi connectivity index (χ1v) is 5.69. The van der Waals surface area contributed by atoms with Gasteiger partial charge in [-0.2, -0.15) is 0 Å². The Balaban J connectivity index is 2.11. The molecule has 1 aromatic carbocycles. The molecule has 0 aliphatic carbocycles. The topological polar surface area (TPSA) is 38.3 Å². The third-order valence-corrected chi connectivity index (χ3v) is 3.10. The molecule has 0 amide bonds. The second kappa shape index (κ2) is 4.66. The number of hydrogen-bond acceptors (Lipinski definition) is 3. The number of carbonyl (C=O) groups excluding carboxylic acids is 1. The SMILES string of the molecule is CCOC(=O)CC1(c2ccccc2)CNC1. The molecule has 1 aromatic rings. The van der Waals surface area contributed by atoms with Crippen LogP contribution in [-0.2, 0) is 14.9 Å². The van der Waals surface area contributed by atoms with Crippen LogP contribution in [0.1, 0.15) is 18.9 Å². The molecule has 1 saturated heterocycles. The van der Waals surface area contributed by atoms with E-state index in [-0.39, 0.29) is 11.4 Å². The third-order valence-electron chi connectivity index (χ3n) is 3.10. The van der Waals surface area contributed by atoms with E-state index in [2.05, 4.69) is 17.4 Å². The fourth-order valence-corrected chi connectivity index (χ4v) is 2.14. The predicted octanol–water partition coefficient (Wildman–Crippen LogP) is 1.48.